The van der Waals surface area contributed by atoms with Crippen molar-refractivity contribution in [2.45, 2.75) is 39.8 Å². The Morgan fingerprint density at radius 1 is 1.16 bits per heavy atom. The summed E-state index contributed by atoms with van der Waals surface area (Å²) in [5, 5.41) is 2.51. The van der Waals surface area contributed by atoms with E-state index in [2.05, 4.69) is 10.3 Å². The number of carbonyl (C=O) groups excluding carboxylic acids is 2. The molecule has 1 rings (SSSR count). The molecule has 5 heteroatoms. The molecule has 0 bridgehead atoms. The van der Waals surface area contributed by atoms with Crippen LogP contribution in [0, 0.1) is 0 Å². The first-order chi connectivity index (χ1) is 8.88. The van der Waals surface area contributed by atoms with Crippen LogP contribution in [-0.4, -0.2) is 40.8 Å². The summed E-state index contributed by atoms with van der Waals surface area (Å²) < 4.78 is 0. The Hall–Kier alpha value is -1.91. The first-order valence-corrected chi connectivity index (χ1v) is 6.39. The van der Waals surface area contributed by atoms with E-state index in [1.54, 1.807) is 24.1 Å². The van der Waals surface area contributed by atoms with E-state index in [4.69, 9.17) is 0 Å². The summed E-state index contributed by atoms with van der Waals surface area (Å²) in [7, 11) is 1.56. The first-order valence-electron chi connectivity index (χ1n) is 6.39. The number of hydrogen-bond acceptors (Lipinski definition) is 3. The molecular formula is C14H21N3O2. The van der Waals surface area contributed by atoms with Crippen molar-refractivity contribution in [2.24, 2.45) is 0 Å². The van der Waals surface area contributed by atoms with Gasteiger partial charge in [0.1, 0.15) is 5.69 Å². The zero-order valence-corrected chi connectivity index (χ0v) is 12.1. The normalized spacial score (nSPS) is 10.7. The lowest BCUT2D eigenvalue weighted by atomic mass is 10.2. The maximum absolute atomic E-state index is 12.3. The van der Waals surface area contributed by atoms with Gasteiger partial charge >= 0.3 is 0 Å². The number of amides is 2. The fraction of sp³-hybridized carbons (Fsp3) is 0.500. The predicted octanol–water partition coefficient (Wildman–Crippen LogP) is 1.70. The summed E-state index contributed by atoms with van der Waals surface area (Å²) in [6.45, 7) is 7.88. The highest BCUT2D eigenvalue weighted by Crippen LogP contribution is 2.11. The zero-order chi connectivity index (χ0) is 14.6. The predicted molar refractivity (Wildman–Crippen MR) is 74.1 cm³/mol. The molecule has 19 heavy (non-hydrogen) atoms. The molecule has 1 aromatic heterocycles. The standard InChI is InChI=1S/C14H21N3O2/c1-9(2)17(10(3)4)14(19)12-7-6-11(8-16-12)13(18)15-5/h6-10H,1-5H3,(H,15,18). The molecule has 1 N–H and O–H groups in total. The van der Waals surface area contributed by atoms with E-state index in [1.807, 2.05) is 27.7 Å². The largest absolute Gasteiger partial charge is 0.355 e. The first kappa shape index (κ1) is 15.1. The van der Waals surface area contributed by atoms with Gasteiger partial charge in [-0.3, -0.25) is 14.6 Å². The molecule has 0 spiro atoms. The smallest absolute Gasteiger partial charge is 0.272 e. The molecule has 104 valence electrons. The van der Waals surface area contributed by atoms with E-state index in [-0.39, 0.29) is 23.9 Å². The third-order valence-corrected chi connectivity index (χ3v) is 2.82. The second kappa shape index (κ2) is 6.31. The lowest BCUT2D eigenvalue weighted by Gasteiger charge is -2.30. The second-order valence-electron chi connectivity index (χ2n) is 4.91. The van der Waals surface area contributed by atoms with Crippen LogP contribution in [0.15, 0.2) is 18.3 Å². The van der Waals surface area contributed by atoms with Crippen molar-refractivity contribution in [1.29, 1.82) is 0 Å². The third-order valence-electron chi connectivity index (χ3n) is 2.82. The molecule has 2 amide bonds. The van der Waals surface area contributed by atoms with Crippen molar-refractivity contribution in [3.63, 3.8) is 0 Å². The van der Waals surface area contributed by atoms with E-state index in [0.29, 0.717) is 11.3 Å². The summed E-state index contributed by atoms with van der Waals surface area (Å²) in [6, 6.07) is 3.41. The highest BCUT2D eigenvalue weighted by molar-refractivity contribution is 5.96. The average Bonchev–Trinajstić information content (AvgIpc) is 2.37. The molecule has 0 aliphatic heterocycles. The van der Waals surface area contributed by atoms with Crippen molar-refractivity contribution in [3.05, 3.63) is 29.6 Å². The molecule has 0 saturated heterocycles. The zero-order valence-electron chi connectivity index (χ0n) is 12.1. The molecule has 0 aliphatic rings. The summed E-state index contributed by atoms with van der Waals surface area (Å²) in [5.41, 5.74) is 0.801. The Kier molecular flexibility index (Phi) is 5.03. The minimum atomic E-state index is -0.212. The quantitative estimate of drug-likeness (QED) is 0.899. The summed E-state index contributed by atoms with van der Waals surface area (Å²) in [6.07, 6.45) is 1.42. The van der Waals surface area contributed by atoms with Crippen molar-refractivity contribution in [3.8, 4) is 0 Å². The van der Waals surface area contributed by atoms with Crippen molar-refractivity contribution in [1.82, 2.24) is 15.2 Å². The fourth-order valence-corrected chi connectivity index (χ4v) is 2.00. The van der Waals surface area contributed by atoms with Gasteiger partial charge in [0.05, 0.1) is 5.56 Å². The molecule has 1 heterocycles. The SMILES string of the molecule is CNC(=O)c1ccc(C(=O)N(C(C)C)C(C)C)nc1. The number of nitrogens with one attached hydrogen (secondary N) is 1. The Bertz CT molecular complexity index is 444. The summed E-state index contributed by atoms with van der Waals surface area (Å²) >= 11 is 0. The Balaban J connectivity index is 2.97. The maximum atomic E-state index is 12.3. The van der Waals surface area contributed by atoms with Crippen LogP contribution >= 0.6 is 0 Å². The van der Waals surface area contributed by atoms with E-state index in [9.17, 15) is 9.59 Å². The average molecular weight is 263 g/mol. The van der Waals surface area contributed by atoms with E-state index < -0.39 is 0 Å². The van der Waals surface area contributed by atoms with E-state index in [1.165, 1.54) is 6.20 Å². The van der Waals surface area contributed by atoms with E-state index >= 15 is 0 Å². The lowest BCUT2D eigenvalue weighted by Crippen LogP contribution is -2.42. The summed E-state index contributed by atoms with van der Waals surface area (Å²) in [4.78, 5) is 29.6. The highest BCUT2D eigenvalue weighted by Gasteiger charge is 2.22. The van der Waals surface area contributed by atoms with Crippen LogP contribution in [-0.2, 0) is 0 Å². The Morgan fingerprint density at radius 2 is 1.74 bits per heavy atom. The van der Waals surface area contributed by atoms with Crippen LogP contribution in [0.1, 0.15) is 48.5 Å². The molecule has 0 unspecified atom stereocenters. The van der Waals surface area contributed by atoms with E-state index in [0.717, 1.165) is 0 Å². The number of aromatic nitrogens is 1. The Morgan fingerprint density at radius 3 is 2.11 bits per heavy atom. The molecule has 0 aromatic carbocycles. The van der Waals surface area contributed by atoms with Gasteiger partial charge in [-0.2, -0.15) is 0 Å². The van der Waals surface area contributed by atoms with Gasteiger partial charge in [0.15, 0.2) is 0 Å². The Labute approximate surface area is 114 Å². The minimum absolute atomic E-state index is 0.105. The van der Waals surface area contributed by atoms with Gasteiger partial charge in [-0.25, -0.2) is 0 Å². The van der Waals surface area contributed by atoms with Gasteiger partial charge in [-0.15, -0.1) is 0 Å². The summed E-state index contributed by atoms with van der Waals surface area (Å²) in [5.74, 6) is -0.329. The van der Waals surface area contributed by atoms with Gasteiger partial charge in [-0.05, 0) is 39.8 Å². The van der Waals surface area contributed by atoms with Crippen LogP contribution in [0.25, 0.3) is 0 Å². The van der Waals surface area contributed by atoms with Crippen molar-refractivity contribution < 1.29 is 9.59 Å². The van der Waals surface area contributed by atoms with Crippen molar-refractivity contribution >= 4 is 11.8 Å². The van der Waals surface area contributed by atoms with Crippen LogP contribution in [0.2, 0.25) is 0 Å². The van der Waals surface area contributed by atoms with Crippen LogP contribution in [0.4, 0.5) is 0 Å². The highest BCUT2D eigenvalue weighted by atomic mass is 16.2. The molecular weight excluding hydrogens is 242 g/mol. The van der Waals surface area contributed by atoms with Gasteiger partial charge in [0, 0.05) is 25.3 Å². The molecule has 0 atom stereocenters. The van der Waals surface area contributed by atoms with Crippen LogP contribution in [0.5, 0.6) is 0 Å². The number of carbonyl (C=O) groups is 2. The van der Waals surface area contributed by atoms with Crippen molar-refractivity contribution in [2.75, 3.05) is 7.05 Å². The third kappa shape index (κ3) is 3.53. The molecule has 0 aliphatic carbocycles. The van der Waals surface area contributed by atoms with Gasteiger partial charge in [0.25, 0.3) is 11.8 Å². The lowest BCUT2D eigenvalue weighted by molar-refractivity contribution is 0.0637. The second-order valence-corrected chi connectivity index (χ2v) is 4.91. The van der Waals surface area contributed by atoms with Crippen LogP contribution in [0.3, 0.4) is 0 Å². The monoisotopic (exact) mass is 263 g/mol. The maximum Gasteiger partial charge on any atom is 0.272 e. The fourth-order valence-electron chi connectivity index (χ4n) is 2.00. The minimum Gasteiger partial charge on any atom is -0.355 e. The molecule has 0 saturated carbocycles. The number of nitrogens with zero attached hydrogens (tertiary/aromatic N) is 2. The number of rotatable bonds is 4. The molecule has 1 aromatic rings. The topological polar surface area (TPSA) is 62.3 Å². The number of pyridine rings is 1. The van der Waals surface area contributed by atoms with Gasteiger partial charge in [0.2, 0.25) is 0 Å². The van der Waals surface area contributed by atoms with Gasteiger partial charge in [-0.1, -0.05) is 0 Å². The number of hydrogen-bond donors (Lipinski definition) is 1. The van der Waals surface area contributed by atoms with Gasteiger partial charge < -0.3 is 10.2 Å². The molecule has 5 nitrogen and oxygen atoms in total. The van der Waals surface area contributed by atoms with Crippen LogP contribution < -0.4 is 5.32 Å². The molecule has 0 radical (unpaired) electrons. The molecule has 0 fully saturated rings.